The van der Waals surface area contributed by atoms with Crippen LogP contribution < -0.4 is 5.32 Å². The number of carbonyl (C=O) groups is 3. The molecule has 188 valence electrons. The molecular formula is C26H31ClFN3O4. The van der Waals surface area contributed by atoms with Gasteiger partial charge in [-0.05, 0) is 58.2 Å². The molecule has 2 amide bonds. The number of hydrogen-bond donors (Lipinski definition) is 1. The molecule has 1 heterocycles. The van der Waals surface area contributed by atoms with Crippen molar-refractivity contribution in [2.45, 2.75) is 76.7 Å². The Labute approximate surface area is 210 Å². The third-order valence-electron chi connectivity index (χ3n) is 6.16. The second-order valence-electron chi connectivity index (χ2n) is 10.1. The lowest BCUT2D eigenvalue weighted by Crippen LogP contribution is -2.48. The van der Waals surface area contributed by atoms with E-state index in [0.29, 0.717) is 12.8 Å². The lowest BCUT2D eigenvalue weighted by atomic mass is 9.98. The van der Waals surface area contributed by atoms with E-state index in [0.717, 1.165) is 12.5 Å². The van der Waals surface area contributed by atoms with Gasteiger partial charge in [0.05, 0.1) is 17.8 Å². The SMILES string of the molecule is CC(C)(C)O[C@@H]1C[C@@H](C(=O)N[C@H](C#N)C[C@@H]2CCCC2=O)N(C(=O)/C=C/c2ccc(Cl)cc2F)C1. The molecule has 2 fully saturated rings. The average Bonchev–Trinajstić information content (AvgIpc) is 3.37. The Morgan fingerprint density at radius 1 is 1.40 bits per heavy atom. The summed E-state index contributed by atoms with van der Waals surface area (Å²) in [5, 5.41) is 12.5. The maximum Gasteiger partial charge on any atom is 0.247 e. The van der Waals surface area contributed by atoms with E-state index in [-0.39, 0.29) is 47.8 Å². The number of carbonyl (C=O) groups excluding carboxylic acids is 3. The summed E-state index contributed by atoms with van der Waals surface area (Å²) in [6.07, 6.45) is 4.72. The van der Waals surface area contributed by atoms with Gasteiger partial charge in [-0.2, -0.15) is 5.26 Å². The number of Topliss-reactive ketones (excluding diaryl/α,β-unsaturated/α-hetero) is 1. The lowest BCUT2D eigenvalue weighted by molar-refractivity contribution is -0.135. The van der Waals surface area contributed by atoms with E-state index in [1.165, 1.54) is 29.2 Å². The molecule has 0 unspecified atom stereocenters. The maximum absolute atomic E-state index is 14.1. The highest BCUT2D eigenvalue weighted by Crippen LogP contribution is 2.28. The Kier molecular flexibility index (Phi) is 8.68. The summed E-state index contributed by atoms with van der Waals surface area (Å²) in [4.78, 5) is 39.6. The summed E-state index contributed by atoms with van der Waals surface area (Å²) in [6, 6.07) is 4.52. The normalized spacial score (nSPS) is 23.5. The van der Waals surface area contributed by atoms with Gasteiger partial charge in [0.15, 0.2) is 0 Å². The number of nitrogens with zero attached hydrogens (tertiary/aromatic N) is 2. The summed E-state index contributed by atoms with van der Waals surface area (Å²) in [5.74, 6) is -1.62. The molecule has 7 nitrogen and oxygen atoms in total. The van der Waals surface area contributed by atoms with Crippen molar-refractivity contribution in [3.8, 4) is 6.07 Å². The van der Waals surface area contributed by atoms with Crippen LogP contribution in [0, 0.1) is 23.1 Å². The highest BCUT2D eigenvalue weighted by Gasteiger charge is 2.41. The number of halogens is 2. The molecule has 1 aliphatic carbocycles. The molecule has 1 aromatic carbocycles. The molecule has 0 bridgehead atoms. The average molecular weight is 504 g/mol. The Hall–Kier alpha value is -2.76. The van der Waals surface area contributed by atoms with Crippen LogP contribution in [0.3, 0.4) is 0 Å². The van der Waals surface area contributed by atoms with E-state index >= 15 is 0 Å². The largest absolute Gasteiger partial charge is 0.371 e. The van der Waals surface area contributed by atoms with Gasteiger partial charge in [-0.3, -0.25) is 14.4 Å². The zero-order valence-electron chi connectivity index (χ0n) is 20.2. The van der Waals surface area contributed by atoms with E-state index < -0.39 is 35.3 Å². The maximum atomic E-state index is 14.1. The highest BCUT2D eigenvalue weighted by atomic mass is 35.5. The zero-order chi connectivity index (χ0) is 25.8. The van der Waals surface area contributed by atoms with Gasteiger partial charge < -0.3 is 15.0 Å². The number of likely N-dealkylation sites (tertiary alicyclic amines) is 1. The molecule has 1 saturated carbocycles. The van der Waals surface area contributed by atoms with Crippen molar-refractivity contribution >= 4 is 35.3 Å². The van der Waals surface area contributed by atoms with E-state index in [1.54, 1.807) is 0 Å². The number of nitriles is 1. The van der Waals surface area contributed by atoms with Crippen molar-refractivity contribution in [2.24, 2.45) is 5.92 Å². The summed E-state index contributed by atoms with van der Waals surface area (Å²) >= 11 is 5.78. The van der Waals surface area contributed by atoms with Crippen LogP contribution >= 0.6 is 11.6 Å². The number of rotatable bonds is 7. The molecule has 1 aliphatic heterocycles. The molecule has 0 spiro atoms. The van der Waals surface area contributed by atoms with Crippen molar-refractivity contribution in [2.75, 3.05) is 6.54 Å². The van der Waals surface area contributed by atoms with Crippen LogP contribution in [0.5, 0.6) is 0 Å². The minimum Gasteiger partial charge on any atom is -0.371 e. The fourth-order valence-corrected chi connectivity index (χ4v) is 4.76. The van der Waals surface area contributed by atoms with Crippen molar-refractivity contribution < 1.29 is 23.5 Å². The van der Waals surface area contributed by atoms with Crippen molar-refractivity contribution in [1.82, 2.24) is 10.2 Å². The van der Waals surface area contributed by atoms with Crippen LogP contribution in [0.1, 0.15) is 58.4 Å². The number of amides is 2. The van der Waals surface area contributed by atoms with Crippen LogP contribution in [-0.4, -0.2) is 52.8 Å². The van der Waals surface area contributed by atoms with Gasteiger partial charge in [0.25, 0.3) is 0 Å². The van der Waals surface area contributed by atoms with E-state index in [4.69, 9.17) is 16.3 Å². The Bertz CT molecular complexity index is 1050. The van der Waals surface area contributed by atoms with Crippen LogP contribution in [0.2, 0.25) is 5.02 Å². The number of ketones is 1. The monoisotopic (exact) mass is 503 g/mol. The van der Waals surface area contributed by atoms with Crippen LogP contribution in [-0.2, 0) is 19.1 Å². The summed E-state index contributed by atoms with van der Waals surface area (Å²) in [7, 11) is 0. The summed E-state index contributed by atoms with van der Waals surface area (Å²) in [5.41, 5.74) is -0.290. The first-order valence-corrected chi connectivity index (χ1v) is 12.2. The second-order valence-corrected chi connectivity index (χ2v) is 10.5. The smallest absolute Gasteiger partial charge is 0.247 e. The van der Waals surface area contributed by atoms with E-state index in [1.807, 2.05) is 20.8 Å². The first-order chi connectivity index (χ1) is 16.5. The molecule has 2 aliphatic rings. The van der Waals surface area contributed by atoms with Gasteiger partial charge in [-0.1, -0.05) is 17.7 Å². The quantitative estimate of drug-likeness (QED) is 0.566. The van der Waals surface area contributed by atoms with Crippen molar-refractivity contribution in [1.29, 1.82) is 5.26 Å². The summed E-state index contributed by atoms with van der Waals surface area (Å²) < 4.78 is 20.1. The Balaban J connectivity index is 1.74. The van der Waals surface area contributed by atoms with Crippen molar-refractivity contribution in [3.63, 3.8) is 0 Å². The number of ether oxygens (including phenoxy) is 1. The topological polar surface area (TPSA) is 99.5 Å². The third-order valence-corrected chi connectivity index (χ3v) is 6.40. The number of benzene rings is 1. The van der Waals surface area contributed by atoms with Gasteiger partial charge in [0.1, 0.15) is 23.7 Å². The predicted molar refractivity (Wildman–Crippen MR) is 130 cm³/mol. The standard InChI is InChI=1S/C26H31ClFN3O4/c1-26(2,3)35-20-13-22(25(34)30-19(14-29)11-17-5-4-6-23(17)32)31(15-20)24(33)10-8-16-7-9-18(27)12-21(16)28/h7-10,12,17,19-20,22H,4-6,11,13,15H2,1-3H3,(H,30,34)/b10-8+/t17-,19-,20+,22-/m0/s1. The van der Waals surface area contributed by atoms with Gasteiger partial charge in [-0.25, -0.2) is 4.39 Å². The lowest BCUT2D eigenvalue weighted by Gasteiger charge is -2.25. The first-order valence-electron chi connectivity index (χ1n) is 11.8. The third kappa shape index (κ3) is 7.36. The Morgan fingerprint density at radius 2 is 2.14 bits per heavy atom. The van der Waals surface area contributed by atoms with Gasteiger partial charge >= 0.3 is 0 Å². The zero-order valence-corrected chi connectivity index (χ0v) is 21.0. The molecule has 1 N–H and O–H groups in total. The van der Waals surface area contributed by atoms with Crippen LogP contribution in [0.4, 0.5) is 4.39 Å². The molecule has 0 radical (unpaired) electrons. The number of nitrogens with one attached hydrogen (secondary N) is 1. The van der Waals surface area contributed by atoms with Crippen LogP contribution in [0.15, 0.2) is 24.3 Å². The van der Waals surface area contributed by atoms with Crippen LogP contribution in [0.25, 0.3) is 6.08 Å². The van der Waals surface area contributed by atoms with Gasteiger partial charge in [-0.15, -0.1) is 0 Å². The fourth-order valence-electron chi connectivity index (χ4n) is 4.60. The fraction of sp³-hybridized carbons (Fsp3) is 0.538. The molecular weight excluding hydrogens is 473 g/mol. The summed E-state index contributed by atoms with van der Waals surface area (Å²) in [6.45, 7) is 5.85. The predicted octanol–water partition coefficient (Wildman–Crippen LogP) is 4.04. The molecule has 1 aromatic rings. The number of hydrogen-bond acceptors (Lipinski definition) is 5. The minimum absolute atomic E-state index is 0.121. The molecule has 4 atom stereocenters. The second kappa shape index (κ2) is 11.3. The molecule has 0 aromatic heterocycles. The molecule has 3 rings (SSSR count). The molecule has 9 heteroatoms. The Morgan fingerprint density at radius 3 is 2.74 bits per heavy atom. The van der Waals surface area contributed by atoms with Gasteiger partial charge in [0, 0.05) is 42.0 Å². The molecule has 35 heavy (non-hydrogen) atoms. The molecule has 1 saturated heterocycles. The van der Waals surface area contributed by atoms with Gasteiger partial charge in [0.2, 0.25) is 11.8 Å². The van der Waals surface area contributed by atoms with E-state index in [9.17, 15) is 24.0 Å². The first kappa shape index (κ1) is 26.8. The minimum atomic E-state index is -0.857. The van der Waals surface area contributed by atoms with Crippen molar-refractivity contribution in [3.05, 3.63) is 40.7 Å². The highest BCUT2D eigenvalue weighted by molar-refractivity contribution is 6.30. The van der Waals surface area contributed by atoms with E-state index in [2.05, 4.69) is 11.4 Å².